The van der Waals surface area contributed by atoms with E-state index in [9.17, 15) is 0 Å². The van der Waals surface area contributed by atoms with Crippen molar-refractivity contribution in [1.29, 1.82) is 0 Å². The summed E-state index contributed by atoms with van der Waals surface area (Å²) < 4.78 is 0. The van der Waals surface area contributed by atoms with Crippen molar-refractivity contribution < 1.29 is 0 Å². The average Bonchev–Trinajstić information content (AvgIpc) is 2.68. The second-order valence-electron chi connectivity index (χ2n) is 9.43. The van der Waals surface area contributed by atoms with Crippen LogP contribution < -0.4 is 0 Å². The highest BCUT2D eigenvalue weighted by Crippen LogP contribution is 2.44. The van der Waals surface area contributed by atoms with Gasteiger partial charge in [0, 0.05) is 8.41 Å². The number of benzene rings is 1. The van der Waals surface area contributed by atoms with Crippen molar-refractivity contribution in [2.24, 2.45) is 35.5 Å². The van der Waals surface area contributed by atoms with Gasteiger partial charge in [-0.2, -0.15) is 0 Å². The van der Waals surface area contributed by atoms with Crippen molar-refractivity contribution in [3.05, 3.63) is 35.4 Å². The van der Waals surface area contributed by atoms with Gasteiger partial charge < -0.3 is 0 Å². The molecule has 0 aromatic heterocycles. The molecule has 2 fully saturated rings. The summed E-state index contributed by atoms with van der Waals surface area (Å²) in [6.45, 7) is 18.7. The number of hydrogen-bond acceptors (Lipinski definition) is 0. The summed E-state index contributed by atoms with van der Waals surface area (Å²) in [5.41, 5.74) is 2.66. The Morgan fingerprint density at radius 2 is 0.593 bits per heavy atom. The van der Waals surface area contributed by atoms with Crippen LogP contribution in [-0.2, 0) is 0 Å². The molecule has 27 heavy (non-hydrogen) atoms. The van der Waals surface area contributed by atoms with Gasteiger partial charge in [-0.3, -0.25) is 0 Å². The average molecular weight is 369 g/mol. The predicted molar refractivity (Wildman–Crippen MR) is 124 cm³/mol. The molecule has 0 aliphatic heterocycles. The van der Waals surface area contributed by atoms with Crippen LogP contribution in [0.1, 0.15) is 91.2 Å². The maximum atomic E-state index is 2.42. The molecule has 153 valence electrons. The molecule has 0 N–H and O–H groups in total. The van der Waals surface area contributed by atoms with Crippen LogP contribution in [0.3, 0.4) is 0 Å². The lowest BCUT2D eigenvalue weighted by Crippen LogP contribution is -2.39. The zero-order valence-electron chi connectivity index (χ0n) is 19.6. The van der Waals surface area contributed by atoms with Gasteiger partial charge in [-0.05, 0) is 49.4 Å². The lowest BCUT2D eigenvalue weighted by molar-refractivity contribution is 0.0302. The minimum Gasteiger partial charge on any atom is -0.0620 e. The van der Waals surface area contributed by atoms with Gasteiger partial charge in [0.05, 0.1) is 0 Å². The van der Waals surface area contributed by atoms with Crippen molar-refractivity contribution in [3.8, 4) is 0 Å². The van der Waals surface area contributed by atoms with E-state index < -0.39 is 0 Å². The van der Waals surface area contributed by atoms with Crippen LogP contribution in [0.15, 0.2) is 24.3 Å². The Morgan fingerprint density at radius 1 is 0.444 bits per heavy atom. The van der Waals surface area contributed by atoms with Gasteiger partial charge in [0.15, 0.2) is 0 Å². The number of aryl methyl sites for hydroxylation is 2. The first-order valence-corrected chi connectivity index (χ1v) is 11.3. The normalized spacial score (nSPS) is 32.7. The van der Waals surface area contributed by atoms with E-state index in [-0.39, 0.29) is 8.41 Å². The lowest BCUT2D eigenvalue weighted by Gasteiger charge is -2.45. The summed E-state index contributed by atoms with van der Waals surface area (Å²) in [6, 6.07) is 8.48. The van der Waals surface area contributed by atoms with Gasteiger partial charge in [0.1, 0.15) is 0 Å². The standard InChI is InChI=1S/C12H24.C8H10.C6H12.B/c1-7-8(2)10(4)12(6)11(5)9(7)3;1-7-3-5-8(2)6-4-7;1-2-4-6-5-3-1;/h7-12H,1-6H3;3-6H,1-2H3;1-6H2;. The first-order valence-electron chi connectivity index (χ1n) is 11.3. The molecule has 3 rings (SSSR count). The first kappa shape index (κ1) is 26.3. The lowest BCUT2D eigenvalue weighted by atomic mass is 9.60. The third-order valence-corrected chi connectivity index (χ3v) is 7.69. The molecule has 0 heterocycles. The molecular weight excluding hydrogens is 323 g/mol. The zero-order valence-corrected chi connectivity index (χ0v) is 19.6. The maximum Gasteiger partial charge on any atom is 0 e. The molecule has 0 bridgehead atoms. The SMILES string of the molecule is C1CCCCC1.CC1C(C)C(C)C(C)C(C)C1C.Cc1ccc(C)cc1.[B]. The summed E-state index contributed by atoms with van der Waals surface area (Å²) in [4.78, 5) is 0. The van der Waals surface area contributed by atoms with Crippen molar-refractivity contribution in [2.75, 3.05) is 0 Å². The molecule has 2 aliphatic rings. The molecule has 1 aromatic rings. The molecule has 2 aliphatic carbocycles. The molecule has 0 atom stereocenters. The van der Waals surface area contributed by atoms with Crippen molar-refractivity contribution in [1.82, 2.24) is 0 Å². The fourth-order valence-corrected chi connectivity index (χ4v) is 4.57. The molecule has 0 spiro atoms. The smallest absolute Gasteiger partial charge is 0 e. The molecule has 1 heteroatoms. The van der Waals surface area contributed by atoms with Crippen LogP contribution in [0, 0.1) is 49.4 Å². The molecule has 0 unspecified atom stereocenters. The number of rotatable bonds is 0. The highest BCUT2D eigenvalue weighted by atomic mass is 14.4. The van der Waals surface area contributed by atoms with E-state index in [0.717, 1.165) is 35.5 Å². The Bertz CT molecular complexity index is 382. The van der Waals surface area contributed by atoms with Gasteiger partial charge in [-0.1, -0.05) is 115 Å². The molecule has 1 aromatic carbocycles. The van der Waals surface area contributed by atoms with Gasteiger partial charge in [0.25, 0.3) is 0 Å². The minimum absolute atomic E-state index is 0. The van der Waals surface area contributed by atoms with Gasteiger partial charge in [0.2, 0.25) is 0 Å². The van der Waals surface area contributed by atoms with Crippen LogP contribution in [0.25, 0.3) is 0 Å². The molecule has 0 nitrogen and oxygen atoms in total. The predicted octanol–water partition coefficient (Wildman–Crippen LogP) is 8.08. The Hall–Kier alpha value is -0.715. The molecule has 3 radical (unpaired) electrons. The summed E-state index contributed by atoms with van der Waals surface area (Å²) in [5, 5.41) is 0. The Kier molecular flexibility index (Phi) is 13.1. The Morgan fingerprint density at radius 3 is 0.741 bits per heavy atom. The molecular formula is C26H46B. The van der Waals surface area contributed by atoms with E-state index in [1.165, 1.54) is 49.7 Å². The summed E-state index contributed by atoms with van der Waals surface area (Å²) in [7, 11) is 0. The quantitative estimate of drug-likeness (QED) is 0.405. The highest BCUT2D eigenvalue weighted by Gasteiger charge is 2.38. The van der Waals surface area contributed by atoms with Crippen LogP contribution in [0.2, 0.25) is 0 Å². The van der Waals surface area contributed by atoms with Crippen molar-refractivity contribution in [2.45, 2.75) is 93.9 Å². The van der Waals surface area contributed by atoms with E-state index in [1.807, 2.05) is 0 Å². The second kappa shape index (κ2) is 13.5. The summed E-state index contributed by atoms with van der Waals surface area (Å²) in [5.74, 6) is 5.45. The number of hydrogen-bond donors (Lipinski definition) is 0. The fraction of sp³-hybridized carbons (Fsp3) is 0.769. The monoisotopic (exact) mass is 369 g/mol. The Labute approximate surface area is 173 Å². The van der Waals surface area contributed by atoms with Crippen LogP contribution >= 0.6 is 0 Å². The zero-order chi connectivity index (χ0) is 19.7. The molecule has 2 saturated carbocycles. The topological polar surface area (TPSA) is 0 Å². The second-order valence-corrected chi connectivity index (χ2v) is 9.43. The minimum atomic E-state index is 0. The van der Waals surface area contributed by atoms with E-state index >= 15 is 0 Å². The van der Waals surface area contributed by atoms with Gasteiger partial charge in [-0.25, -0.2) is 0 Å². The van der Waals surface area contributed by atoms with Gasteiger partial charge in [-0.15, -0.1) is 0 Å². The fourth-order valence-electron chi connectivity index (χ4n) is 4.57. The molecule has 0 saturated heterocycles. The van der Waals surface area contributed by atoms with Crippen LogP contribution in [0.5, 0.6) is 0 Å². The third-order valence-electron chi connectivity index (χ3n) is 7.69. The first-order chi connectivity index (χ1) is 12.3. The van der Waals surface area contributed by atoms with Crippen LogP contribution in [0.4, 0.5) is 0 Å². The van der Waals surface area contributed by atoms with Gasteiger partial charge >= 0.3 is 0 Å². The van der Waals surface area contributed by atoms with E-state index in [0.29, 0.717) is 0 Å². The maximum absolute atomic E-state index is 2.42. The van der Waals surface area contributed by atoms with Crippen molar-refractivity contribution in [3.63, 3.8) is 0 Å². The third kappa shape index (κ3) is 8.88. The van der Waals surface area contributed by atoms with Crippen LogP contribution in [-0.4, -0.2) is 8.41 Å². The van der Waals surface area contributed by atoms with E-state index in [1.54, 1.807) is 0 Å². The highest BCUT2D eigenvalue weighted by molar-refractivity contribution is 5.75. The van der Waals surface area contributed by atoms with E-state index in [4.69, 9.17) is 0 Å². The van der Waals surface area contributed by atoms with Crippen molar-refractivity contribution >= 4 is 8.41 Å². The largest absolute Gasteiger partial charge is 0.0620 e. The van der Waals surface area contributed by atoms with E-state index in [2.05, 4.69) is 79.7 Å². The summed E-state index contributed by atoms with van der Waals surface area (Å²) >= 11 is 0. The summed E-state index contributed by atoms with van der Waals surface area (Å²) in [6.07, 6.45) is 9.00. The molecule has 0 amide bonds. The Balaban J connectivity index is 0.000000392.